The summed E-state index contributed by atoms with van der Waals surface area (Å²) in [6.07, 6.45) is 2.17. The van der Waals surface area contributed by atoms with E-state index in [0.29, 0.717) is 24.3 Å². The topological polar surface area (TPSA) is 69.7 Å². The third-order valence-electron chi connectivity index (χ3n) is 3.53. The summed E-state index contributed by atoms with van der Waals surface area (Å²) in [6.45, 7) is 0.637. The second-order valence-electron chi connectivity index (χ2n) is 4.62. The van der Waals surface area contributed by atoms with Gasteiger partial charge in [-0.1, -0.05) is 6.07 Å². The highest BCUT2D eigenvalue weighted by Crippen LogP contribution is 2.32. The number of nitrogens with zero attached hydrogens (tertiary/aromatic N) is 2. The Morgan fingerprint density at radius 3 is 2.89 bits per heavy atom. The number of amides is 4. The van der Waals surface area contributed by atoms with E-state index in [0.717, 1.165) is 12.8 Å². The molecule has 2 fully saturated rings. The van der Waals surface area contributed by atoms with Gasteiger partial charge in [-0.3, -0.25) is 9.59 Å². The molecule has 19 heavy (non-hydrogen) atoms. The van der Waals surface area contributed by atoms with Crippen molar-refractivity contribution in [2.75, 3.05) is 16.8 Å². The Bertz CT molecular complexity index is 536. The lowest BCUT2D eigenvalue weighted by Crippen LogP contribution is -2.33. The Kier molecular flexibility index (Phi) is 2.70. The number of hydrogen-bond donors (Lipinski definition) is 1. The van der Waals surface area contributed by atoms with Gasteiger partial charge in [-0.05, 0) is 31.0 Å². The Balaban J connectivity index is 1.94. The number of carbonyl (C=O) groups excluding carboxylic acids is 3. The lowest BCUT2D eigenvalue weighted by Gasteiger charge is -2.16. The first-order chi connectivity index (χ1) is 9.22. The van der Waals surface area contributed by atoms with Gasteiger partial charge in [0.05, 0.1) is 5.69 Å². The Labute approximate surface area is 110 Å². The maximum atomic E-state index is 12.2. The van der Waals surface area contributed by atoms with E-state index in [1.807, 2.05) is 0 Å². The maximum Gasteiger partial charge on any atom is 0.332 e. The van der Waals surface area contributed by atoms with Crippen LogP contribution in [0.5, 0.6) is 0 Å². The van der Waals surface area contributed by atoms with Crippen LogP contribution in [0.25, 0.3) is 0 Å². The Morgan fingerprint density at radius 1 is 1.32 bits per heavy atom. The first-order valence-electron chi connectivity index (χ1n) is 6.17. The van der Waals surface area contributed by atoms with E-state index in [-0.39, 0.29) is 18.0 Å². The number of nitrogens with one attached hydrogen (secondary N) is 1. The standard InChI is InChI=1S/C13H13N3O3/c17-8-14-9-3-1-4-10(7-9)16-12(18)11-5-2-6-15(11)13(16)19/h1,3-4,7-8,11H,2,5-6H2,(H,14,17). The van der Waals surface area contributed by atoms with Gasteiger partial charge in [-0.2, -0.15) is 0 Å². The van der Waals surface area contributed by atoms with Gasteiger partial charge in [0.1, 0.15) is 6.04 Å². The third kappa shape index (κ3) is 1.76. The molecule has 0 bridgehead atoms. The summed E-state index contributed by atoms with van der Waals surface area (Å²) in [4.78, 5) is 37.7. The van der Waals surface area contributed by atoms with E-state index >= 15 is 0 Å². The predicted molar refractivity (Wildman–Crippen MR) is 68.7 cm³/mol. The molecule has 0 saturated carbocycles. The molecule has 1 unspecified atom stereocenters. The Hall–Kier alpha value is -2.37. The van der Waals surface area contributed by atoms with Gasteiger partial charge in [-0.25, -0.2) is 9.69 Å². The summed E-state index contributed by atoms with van der Waals surface area (Å²) in [7, 11) is 0. The molecule has 98 valence electrons. The predicted octanol–water partition coefficient (Wildman–Crippen LogP) is 1.19. The van der Waals surface area contributed by atoms with Crippen LogP contribution >= 0.6 is 0 Å². The number of rotatable bonds is 3. The summed E-state index contributed by atoms with van der Waals surface area (Å²) < 4.78 is 0. The molecule has 0 aromatic heterocycles. The largest absolute Gasteiger partial charge is 0.332 e. The molecular formula is C13H13N3O3. The molecule has 6 heteroatoms. The number of carbonyl (C=O) groups is 3. The van der Waals surface area contributed by atoms with E-state index in [9.17, 15) is 14.4 Å². The minimum atomic E-state index is -0.310. The van der Waals surface area contributed by atoms with E-state index in [1.165, 1.54) is 4.90 Å². The molecule has 4 amide bonds. The van der Waals surface area contributed by atoms with Crippen LogP contribution < -0.4 is 10.2 Å². The third-order valence-corrected chi connectivity index (χ3v) is 3.53. The monoisotopic (exact) mass is 259 g/mol. The highest BCUT2D eigenvalue weighted by Gasteiger charge is 2.47. The van der Waals surface area contributed by atoms with Crippen molar-refractivity contribution < 1.29 is 14.4 Å². The zero-order valence-electron chi connectivity index (χ0n) is 10.2. The number of urea groups is 1. The zero-order valence-corrected chi connectivity index (χ0v) is 10.2. The average Bonchev–Trinajstić information content (AvgIpc) is 2.96. The van der Waals surface area contributed by atoms with E-state index < -0.39 is 0 Å². The number of benzene rings is 1. The molecule has 1 N–H and O–H groups in total. The van der Waals surface area contributed by atoms with Crippen molar-refractivity contribution in [2.45, 2.75) is 18.9 Å². The molecule has 2 aliphatic heterocycles. The zero-order chi connectivity index (χ0) is 13.4. The quantitative estimate of drug-likeness (QED) is 0.654. The number of hydrogen-bond acceptors (Lipinski definition) is 3. The van der Waals surface area contributed by atoms with E-state index in [1.54, 1.807) is 29.2 Å². The fraction of sp³-hybridized carbons (Fsp3) is 0.308. The molecule has 0 aliphatic carbocycles. The van der Waals surface area contributed by atoms with Crippen molar-refractivity contribution in [3.8, 4) is 0 Å². The van der Waals surface area contributed by atoms with Gasteiger partial charge in [-0.15, -0.1) is 0 Å². The van der Waals surface area contributed by atoms with Crippen molar-refractivity contribution in [2.24, 2.45) is 0 Å². The summed E-state index contributed by atoms with van der Waals surface area (Å²) >= 11 is 0. The lowest BCUT2D eigenvalue weighted by atomic mass is 10.2. The van der Waals surface area contributed by atoms with Crippen molar-refractivity contribution in [1.29, 1.82) is 0 Å². The first kappa shape index (κ1) is 11.7. The summed E-state index contributed by atoms with van der Waals surface area (Å²) in [6, 6.07) is 6.13. The van der Waals surface area contributed by atoms with Gasteiger partial charge in [0.15, 0.2) is 0 Å². The highest BCUT2D eigenvalue weighted by atomic mass is 16.2. The minimum absolute atomic E-state index is 0.175. The average molecular weight is 259 g/mol. The van der Waals surface area contributed by atoms with Crippen molar-refractivity contribution in [1.82, 2.24) is 4.90 Å². The second kappa shape index (κ2) is 4.38. The molecule has 6 nitrogen and oxygen atoms in total. The van der Waals surface area contributed by atoms with Crippen LogP contribution in [0.4, 0.5) is 16.2 Å². The van der Waals surface area contributed by atoms with Gasteiger partial charge in [0.25, 0.3) is 5.91 Å². The Morgan fingerprint density at radius 2 is 2.16 bits per heavy atom. The summed E-state index contributed by atoms with van der Waals surface area (Å²) in [5, 5.41) is 2.51. The fourth-order valence-corrected chi connectivity index (χ4v) is 2.66. The second-order valence-corrected chi connectivity index (χ2v) is 4.62. The molecule has 0 spiro atoms. The van der Waals surface area contributed by atoms with Crippen molar-refractivity contribution in [3.05, 3.63) is 24.3 Å². The van der Waals surface area contributed by atoms with Crippen molar-refractivity contribution >= 4 is 29.7 Å². The molecular weight excluding hydrogens is 246 g/mol. The molecule has 1 aromatic carbocycles. The van der Waals surface area contributed by atoms with Gasteiger partial charge in [0, 0.05) is 12.2 Å². The number of fused-ring (bicyclic) bond motifs is 1. The highest BCUT2D eigenvalue weighted by molar-refractivity contribution is 6.21. The molecule has 1 aromatic rings. The maximum absolute atomic E-state index is 12.2. The van der Waals surface area contributed by atoms with Crippen LogP contribution in [0.1, 0.15) is 12.8 Å². The van der Waals surface area contributed by atoms with Crippen LogP contribution in [0.15, 0.2) is 24.3 Å². The van der Waals surface area contributed by atoms with Crippen LogP contribution in [0.3, 0.4) is 0 Å². The fourth-order valence-electron chi connectivity index (χ4n) is 2.66. The van der Waals surface area contributed by atoms with E-state index in [4.69, 9.17) is 0 Å². The molecule has 1 atom stereocenters. The van der Waals surface area contributed by atoms with Gasteiger partial charge >= 0.3 is 6.03 Å². The number of imide groups is 1. The van der Waals surface area contributed by atoms with Crippen LogP contribution in [0.2, 0.25) is 0 Å². The van der Waals surface area contributed by atoms with E-state index in [2.05, 4.69) is 5.32 Å². The molecule has 2 saturated heterocycles. The first-order valence-corrected chi connectivity index (χ1v) is 6.17. The number of anilines is 2. The van der Waals surface area contributed by atoms with Crippen LogP contribution in [-0.2, 0) is 9.59 Å². The normalized spacial score (nSPS) is 21.8. The van der Waals surface area contributed by atoms with Gasteiger partial charge < -0.3 is 10.2 Å². The molecule has 2 aliphatic rings. The minimum Gasteiger partial charge on any atom is -0.329 e. The van der Waals surface area contributed by atoms with Crippen LogP contribution in [-0.4, -0.2) is 35.8 Å². The SMILES string of the molecule is O=CNc1cccc(N2C(=O)C3CCCN3C2=O)c1. The summed E-state index contributed by atoms with van der Waals surface area (Å²) in [5.74, 6) is -0.175. The van der Waals surface area contributed by atoms with Crippen molar-refractivity contribution in [3.63, 3.8) is 0 Å². The molecule has 3 rings (SSSR count). The smallest absolute Gasteiger partial charge is 0.329 e. The molecule has 0 radical (unpaired) electrons. The lowest BCUT2D eigenvalue weighted by molar-refractivity contribution is -0.119. The summed E-state index contributed by atoms with van der Waals surface area (Å²) in [5.41, 5.74) is 1.05. The molecule has 2 heterocycles. The van der Waals surface area contributed by atoms with Gasteiger partial charge in [0.2, 0.25) is 6.41 Å². The van der Waals surface area contributed by atoms with Crippen LogP contribution in [0, 0.1) is 0 Å².